The molecule has 3 aliphatic heterocycles. The van der Waals surface area contributed by atoms with Crippen LogP contribution in [-0.2, 0) is 16.0 Å². The number of fused-ring (bicyclic) bond motifs is 3. The van der Waals surface area contributed by atoms with E-state index in [1.54, 1.807) is 0 Å². The zero-order valence-corrected chi connectivity index (χ0v) is 14.9. The zero-order chi connectivity index (χ0) is 16.0. The first-order chi connectivity index (χ1) is 11.1. The average molecular weight is 354 g/mol. The largest absolute Gasteiger partial charge is 0.490 e. The monoisotopic (exact) mass is 353 g/mol. The molecule has 5 nitrogen and oxygen atoms in total. The third-order valence-electron chi connectivity index (χ3n) is 5.56. The SMILES string of the molecule is COC1Cc2ccc(OC3CC4CCC(C3)N4C)cc2OC1=O.Cl. The van der Waals surface area contributed by atoms with Gasteiger partial charge in [-0.1, -0.05) is 6.07 Å². The fraction of sp³-hybridized carbons (Fsp3) is 0.611. The Morgan fingerprint density at radius 1 is 1.21 bits per heavy atom. The highest BCUT2D eigenvalue weighted by Gasteiger charge is 2.39. The Kier molecular flexibility index (Phi) is 5.04. The normalized spacial score (nSPS) is 31.8. The summed E-state index contributed by atoms with van der Waals surface area (Å²) < 4.78 is 16.7. The molecule has 0 amide bonds. The Balaban J connectivity index is 0.00000169. The minimum atomic E-state index is -0.501. The molecule has 0 aliphatic carbocycles. The molecular formula is C18H24ClNO4. The Labute approximate surface area is 148 Å². The maximum Gasteiger partial charge on any atom is 0.340 e. The van der Waals surface area contributed by atoms with Crippen LogP contribution in [-0.4, -0.2) is 49.3 Å². The fourth-order valence-electron chi connectivity index (χ4n) is 4.16. The number of methoxy groups -OCH3 is 1. The van der Waals surface area contributed by atoms with Gasteiger partial charge in [0.1, 0.15) is 17.6 Å². The van der Waals surface area contributed by atoms with Crippen molar-refractivity contribution in [3.05, 3.63) is 23.8 Å². The highest BCUT2D eigenvalue weighted by atomic mass is 35.5. The van der Waals surface area contributed by atoms with Crippen molar-refractivity contribution in [2.24, 2.45) is 0 Å². The van der Waals surface area contributed by atoms with Gasteiger partial charge in [0.15, 0.2) is 6.10 Å². The predicted octanol–water partition coefficient (Wildman–Crippen LogP) is 2.59. The third-order valence-corrected chi connectivity index (χ3v) is 5.56. The van der Waals surface area contributed by atoms with E-state index >= 15 is 0 Å². The molecule has 0 spiro atoms. The summed E-state index contributed by atoms with van der Waals surface area (Å²) in [5.41, 5.74) is 0.993. The molecule has 0 radical (unpaired) electrons. The van der Waals surface area contributed by atoms with E-state index in [4.69, 9.17) is 14.2 Å². The molecule has 1 aromatic rings. The lowest BCUT2D eigenvalue weighted by Gasteiger charge is -2.36. The van der Waals surface area contributed by atoms with Crippen LogP contribution in [0.4, 0.5) is 0 Å². The average Bonchev–Trinajstić information content (AvgIpc) is 2.75. The van der Waals surface area contributed by atoms with Crippen molar-refractivity contribution in [2.45, 2.75) is 56.4 Å². The van der Waals surface area contributed by atoms with E-state index in [2.05, 4.69) is 11.9 Å². The van der Waals surface area contributed by atoms with Crippen molar-refractivity contribution in [3.8, 4) is 11.5 Å². The van der Waals surface area contributed by atoms with Crippen LogP contribution in [0.25, 0.3) is 0 Å². The van der Waals surface area contributed by atoms with Gasteiger partial charge in [0.25, 0.3) is 0 Å². The fourth-order valence-corrected chi connectivity index (χ4v) is 4.16. The Morgan fingerprint density at radius 3 is 2.58 bits per heavy atom. The number of carbonyl (C=O) groups excluding carboxylic acids is 1. The molecule has 2 bridgehead atoms. The molecule has 6 heteroatoms. The second-order valence-electron chi connectivity index (χ2n) is 6.88. The first-order valence-corrected chi connectivity index (χ1v) is 8.40. The van der Waals surface area contributed by atoms with Crippen LogP contribution in [0.1, 0.15) is 31.2 Å². The number of halogens is 1. The number of carbonyl (C=O) groups is 1. The Hall–Kier alpha value is -1.30. The van der Waals surface area contributed by atoms with Gasteiger partial charge in [-0.2, -0.15) is 0 Å². The van der Waals surface area contributed by atoms with Gasteiger partial charge in [-0.15, -0.1) is 12.4 Å². The van der Waals surface area contributed by atoms with Gasteiger partial charge >= 0.3 is 5.97 Å². The molecule has 3 aliphatic rings. The van der Waals surface area contributed by atoms with Crippen LogP contribution in [0.15, 0.2) is 18.2 Å². The van der Waals surface area contributed by atoms with Crippen LogP contribution in [0.2, 0.25) is 0 Å². The topological polar surface area (TPSA) is 48.0 Å². The lowest BCUT2D eigenvalue weighted by Crippen LogP contribution is -2.43. The first kappa shape index (κ1) is 17.5. The van der Waals surface area contributed by atoms with Gasteiger partial charge in [-0.25, -0.2) is 4.79 Å². The second-order valence-corrected chi connectivity index (χ2v) is 6.88. The molecular weight excluding hydrogens is 330 g/mol. The van der Waals surface area contributed by atoms with Gasteiger partial charge in [0, 0.05) is 31.7 Å². The summed E-state index contributed by atoms with van der Waals surface area (Å²) in [5, 5.41) is 0. The standard InChI is InChI=1S/C18H23NO4.ClH/c1-19-12-4-5-13(19)9-15(8-12)22-14-6-3-11-7-17(21-2)18(20)23-16(11)10-14;/h3,6,10,12-13,15,17H,4-5,7-9H2,1-2H3;1H. The van der Waals surface area contributed by atoms with Crippen LogP contribution in [0.5, 0.6) is 11.5 Å². The first-order valence-electron chi connectivity index (χ1n) is 8.40. The van der Waals surface area contributed by atoms with E-state index in [1.165, 1.54) is 20.0 Å². The smallest absolute Gasteiger partial charge is 0.340 e. The molecule has 2 saturated heterocycles. The molecule has 3 heterocycles. The van der Waals surface area contributed by atoms with E-state index in [9.17, 15) is 4.79 Å². The number of piperidine rings is 1. The summed E-state index contributed by atoms with van der Waals surface area (Å²) in [6.45, 7) is 0. The highest BCUT2D eigenvalue weighted by molar-refractivity contribution is 5.85. The number of hydrogen-bond acceptors (Lipinski definition) is 5. The Bertz CT molecular complexity index is 609. The molecule has 132 valence electrons. The highest BCUT2D eigenvalue weighted by Crippen LogP contribution is 2.37. The quantitative estimate of drug-likeness (QED) is 0.617. The van der Waals surface area contributed by atoms with Gasteiger partial charge in [-0.05, 0) is 44.4 Å². The zero-order valence-electron chi connectivity index (χ0n) is 14.1. The second kappa shape index (κ2) is 6.90. The number of benzene rings is 1. The molecule has 2 fully saturated rings. The van der Waals surface area contributed by atoms with Crippen molar-refractivity contribution in [3.63, 3.8) is 0 Å². The van der Waals surface area contributed by atoms with Crippen LogP contribution in [0.3, 0.4) is 0 Å². The van der Waals surface area contributed by atoms with Crippen molar-refractivity contribution in [2.75, 3.05) is 14.2 Å². The van der Waals surface area contributed by atoms with Crippen LogP contribution >= 0.6 is 12.4 Å². The van der Waals surface area contributed by atoms with Gasteiger partial charge in [0.05, 0.1) is 0 Å². The summed E-state index contributed by atoms with van der Waals surface area (Å²) >= 11 is 0. The molecule has 0 N–H and O–H groups in total. The summed E-state index contributed by atoms with van der Waals surface area (Å²) in [6.07, 6.45) is 5.03. The minimum absolute atomic E-state index is 0. The third kappa shape index (κ3) is 3.13. The maximum atomic E-state index is 11.8. The van der Waals surface area contributed by atoms with Gasteiger partial charge < -0.3 is 19.1 Å². The van der Waals surface area contributed by atoms with Gasteiger partial charge in [-0.3, -0.25) is 0 Å². The van der Waals surface area contributed by atoms with E-state index < -0.39 is 6.10 Å². The summed E-state index contributed by atoms with van der Waals surface area (Å²) in [6, 6.07) is 7.10. The Morgan fingerprint density at radius 2 is 1.92 bits per heavy atom. The number of esters is 1. The number of ether oxygens (including phenoxy) is 3. The minimum Gasteiger partial charge on any atom is -0.490 e. The van der Waals surface area contributed by atoms with Crippen molar-refractivity contribution >= 4 is 18.4 Å². The molecule has 3 unspecified atom stereocenters. The molecule has 1 aromatic carbocycles. The van der Waals surface area contributed by atoms with Crippen molar-refractivity contribution < 1.29 is 19.0 Å². The molecule has 0 saturated carbocycles. The summed E-state index contributed by atoms with van der Waals surface area (Å²) in [5.74, 6) is 1.08. The van der Waals surface area contributed by atoms with Crippen molar-refractivity contribution in [1.29, 1.82) is 0 Å². The van der Waals surface area contributed by atoms with Crippen LogP contribution < -0.4 is 9.47 Å². The number of rotatable bonds is 3. The van der Waals surface area contributed by atoms with E-state index in [1.807, 2.05) is 18.2 Å². The van der Waals surface area contributed by atoms with E-state index in [-0.39, 0.29) is 24.5 Å². The number of nitrogens with zero attached hydrogens (tertiary/aromatic N) is 1. The lowest BCUT2D eigenvalue weighted by atomic mass is 10.00. The molecule has 0 aromatic heterocycles. The lowest BCUT2D eigenvalue weighted by molar-refractivity contribution is -0.147. The van der Waals surface area contributed by atoms with Crippen LogP contribution in [0, 0.1) is 0 Å². The van der Waals surface area contributed by atoms with Crippen molar-refractivity contribution in [1.82, 2.24) is 4.90 Å². The number of hydrogen-bond donors (Lipinski definition) is 0. The summed E-state index contributed by atoms with van der Waals surface area (Å²) in [4.78, 5) is 14.3. The van der Waals surface area contributed by atoms with Gasteiger partial charge in [0.2, 0.25) is 0 Å². The van der Waals surface area contributed by atoms with E-state index in [0.717, 1.165) is 24.2 Å². The summed E-state index contributed by atoms with van der Waals surface area (Å²) in [7, 11) is 3.76. The molecule has 24 heavy (non-hydrogen) atoms. The maximum absolute atomic E-state index is 11.8. The predicted molar refractivity (Wildman–Crippen MR) is 92.0 cm³/mol. The molecule has 3 atom stereocenters. The molecule has 4 rings (SSSR count). The van der Waals surface area contributed by atoms with E-state index in [0.29, 0.717) is 24.3 Å².